The number of ether oxygens (including phenoxy) is 2. The zero-order valence-electron chi connectivity index (χ0n) is 17.5. The van der Waals surface area contributed by atoms with Gasteiger partial charge in [0.1, 0.15) is 5.82 Å². The van der Waals surface area contributed by atoms with Crippen molar-refractivity contribution in [1.82, 2.24) is 14.5 Å². The van der Waals surface area contributed by atoms with Crippen LogP contribution in [0.2, 0.25) is 0 Å². The van der Waals surface area contributed by atoms with E-state index in [-0.39, 0.29) is 18.7 Å². The van der Waals surface area contributed by atoms with E-state index in [0.717, 1.165) is 13.8 Å². The van der Waals surface area contributed by atoms with Crippen molar-refractivity contribution in [1.29, 1.82) is 0 Å². The molecule has 0 spiro atoms. The summed E-state index contributed by atoms with van der Waals surface area (Å²) in [5, 5.41) is 0. The molecule has 2 heterocycles. The van der Waals surface area contributed by atoms with Crippen LogP contribution in [0.3, 0.4) is 0 Å². The second-order valence-electron chi connectivity index (χ2n) is 7.30. The van der Waals surface area contributed by atoms with Crippen LogP contribution < -0.4 is 4.74 Å². The molecule has 0 amide bonds. The molecule has 0 N–H and O–H groups in total. The lowest BCUT2D eigenvalue weighted by Gasteiger charge is -2.27. The first-order chi connectivity index (χ1) is 13.5. The Morgan fingerprint density at radius 1 is 1.24 bits per heavy atom. The molecule has 0 bridgehead atoms. The lowest BCUT2D eigenvalue weighted by atomic mass is 9.85. The van der Waals surface area contributed by atoms with E-state index in [1.54, 1.807) is 24.5 Å². The maximum absolute atomic E-state index is 13.2. The monoisotopic (exact) mass is 413 g/mol. The van der Waals surface area contributed by atoms with Gasteiger partial charge in [0, 0.05) is 12.6 Å². The third-order valence-electron chi connectivity index (χ3n) is 4.70. The molecule has 0 atom stereocenters. The molecule has 0 aliphatic rings. The van der Waals surface area contributed by atoms with Crippen LogP contribution in [0.25, 0.3) is 5.82 Å². The molecule has 160 valence electrons. The Labute approximate surface area is 168 Å². The number of esters is 1. The molecule has 6 nitrogen and oxygen atoms in total. The minimum Gasteiger partial charge on any atom is -0.493 e. The molecule has 2 rings (SSSR count). The molecule has 29 heavy (non-hydrogen) atoms. The summed E-state index contributed by atoms with van der Waals surface area (Å²) in [5.41, 5.74) is -0.809. The Kier molecular flexibility index (Phi) is 6.60. The van der Waals surface area contributed by atoms with E-state index in [1.165, 1.54) is 13.3 Å². The van der Waals surface area contributed by atoms with Crippen LogP contribution in [0.4, 0.5) is 13.2 Å². The first-order valence-corrected chi connectivity index (χ1v) is 9.32. The number of rotatable bonds is 7. The van der Waals surface area contributed by atoms with E-state index in [2.05, 4.69) is 9.97 Å². The van der Waals surface area contributed by atoms with Crippen LogP contribution >= 0.6 is 0 Å². The van der Waals surface area contributed by atoms with Crippen LogP contribution in [-0.2, 0) is 17.6 Å². The van der Waals surface area contributed by atoms with E-state index in [9.17, 15) is 18.0 Å². The summed E-state index contributed by atoms with van der Waals surface area (Å²) < 4.78 is 51.8. The van der Waals surface area contributed by atoms with Gasteiger partial charge >= 0.3 is 12.1 Å². The quantitative estimate of drug-likeness (QED) is 0.628. The van der Waals surface area contributed by atoms with Gasteiger partial charge in [-0.05, 0) is 31.9 Å². The van der Waals surface area contributed by atoms with E-state index in [4.69, 9.17) is 9.47 Å². The van der Waals surface area contributed by atoms with Crippen molar-refractivity contribution in [2.75, 3.05) is 13.7 Å². The third kappa shape index (κ3) is 4.54. The van der Waals surface area contributed by atoms with Crippen molar-refractivity contribution in [2.45, 2.75) is 53.6 Å². The van der Waals surface area contributed by atoms with Crippen molar-refractivity contribution in [3.05, 3.63) is 35.0 Å². The van der Waals surface area contributed by atoms with Gasteiger partial charge in [0.25, 0.3) is 0 Å². The highest BCUT2D eigenvalue weighted by atomic mass is 19.4. The largest absolute Gasteiger partial charge is 0.493 e. The minimum atomic E-state index is -4.34. The Hall–Kier alpha value is -2.58. The van der Waals surface area contributed by atoms with E-state index < -0.39 is 17.6 Å². The minimum absolute atomic E-state index is 0.176. The maximum atomic E-state index is 13.2. The summed E-state index contributed by atoms with van der Waals surface area (Å²) in [6, 6.07) is 1.54. The third-order valence-corrected chi connectivity index (χ3v) is 4.70. The number of methoxy groups -OCH3 is 1. The summed E-state index contributed by atoms with van der Waals surface area (Å²) >= 11 is 0. The number of carbonyl (C=O) groups is 1. The lowest BCUT2D eigenvalue weighted by molar-refractivity contribution is -0.211. The highest BCUT2D eigenvalue weighted by molar-refractivity contribution is 5.88. The Morgan fingerprint density at radius 3 is 2.41 bits per heavy atom. The highest BCUT2D eigenvalue weighted by Crippen LogP contribution is 2.40. The van der Waals surface area contributed by atoms with Crippen molar-refractivity contribution in [3.8, 4) is 11.6 Å². The predicted molar refractivity (Wildman–Crippen MR) is 102 cm³/mol. The molecule has 0 radical (unpaired) electrons. The molecule has 0 saturated heterocycles. The molecule has 0 unspecified atom stereocenters. The average molecular weight is 413 g/mol. The zero-order chi connectivity index (χ0) is 22.0. The van der Waals surface area contributed by atoms with Gasteiger partial charge in [-0.15, -0.1) is 0 Å². The molecule has 0 fully saturated rings. The normalized spacial score (nSPS) is 12.2. The summed E-state index contributed by atoms with van der Waals surface area (Å²) in [6.07, 6.45) is -2.68. The fourth-order valence-electron chi connectivity index (χ4n) is 2.97. The summed E-state index contributed by atoms with van der Waals surface area (Å²) in [4.78, 5) is 20.9. The number of halogens is 3. The van der Waals surface area contributed by atoms with E-state index >= 15 is 0 Å². The SMILES string of the molecule is CCOC(=O)c1nc(CC)n(-c2ncc(CC(C)(C)C(F)(F)F)cc2OC)c1C. The van der Waals surface area contributed by atoms with Crippen LogP contribution in [-0.4, -0.2) is 40.4 Å². The number of imidazole rings is 1. The molecule has 0 saturated carbocycles. The number of alkyl halides is 3. The molecule has 0 aromatic carbocycles. The molecule has 9 heteroatoms. The summed E-state index contributed by atoms with van der Waals surface area (Å²) in [7, 11) is 1.42. The van der Waals surface area contributed by atoms with Gasteiger partial charge in [-0.25, -0.2) is 14.8 Å². The van der Waals surface area contributed by atoms with Gasteiger partial charge < -0.3 is 9.47 Å². The molecule has 2 aromatic rings. The molecule has 0 aliphatic heterocycles. The number of nitrogens with zero attached hydrogens (tertiary/aromatic N) is 3. The van der Waals surface area contributed by atoms with Gasteiger partial charge in [0.2, 0.25) is 0 Å². The van der Waals surface area contributed by atoms with Crippen LogP contribution in [0.1, 0.15) is 55.3 Å². The standard InChI is InChI=1S/C20H26F3N3O3/c1-7-15-25-16(18(27)29-8-2)12(3)26(15)17-14(28-6)9-13(11-24-17)10-19(4,5)20(21,22)23/h9,11H,7-8,10H2,1-6H3. The van der Waals surface area contributed by atoms with Crippen LogP contribution in [0, 0.1) is 12.3 Å². The van der Waals surface area contributed by atoms with Crippen molar-refractivity contribution in [3.63, 3.8) is 0 Å². The number of pyridine rings is 1. The average Bonchev–Trinajstić information content (AvgIpc) is 2.97. The summed E-state index contributed by atoms with van der Waals surface area (Å²) in [6.45, 7) is 7.80. The van der Waals surface area contributed by atoms with Crippen molar-refractivity contribution < 1.29 is 27.4 Å². The van der Waals surface area contributed by atoms with E-state index in [1.807, 2.05) is 6.92 Å². The number of hydrogen-bond acceptors (Lipinski definition) is 5. The molecular weight excluding hydrogens is 387 g/mol. The predicted octanol–water partition coefficient (Wildman–Crippen LogP) is 4.45. The van der Waals surface area contributed by atoms with Gasteiger partial charge in [0.05, 0.1) is 24.8 Å². The fourth-order valence-corrected chi connectivity index (χ4v) is 2.97. The van der Waals surface area contributed by atoms with Crippen LogP contribution in [0.15, 0.2) is 12.3 Å². The highest BCUT2D eigenvalue weighted by Gasteiger charge is 2.47. The van der Waals surface area contributed by atoms with Crippen molar-refractivity contribution >= 4 is 5.97 Å². The molecule has 0 aliphatic carbocycles. The van der Waals surface area contributed by atoms with Crippen molar-refractivity contribution in [2.24, 2.45) is 5.41 Å². The van der Waals surface area contributed by atoms with E-state index in [0.29, 0.717) is 35.1 Å². The number of aryl methyl sites for hydroxylation is 1. The Balaban J connectivity index is 2.52. The van der Waals surface area contributed by atoms with Gasteiger partial charge in [0.15, 0.2) is 17.3 Å². The Morgan fingerprint density at radius 2 is 1.90 bits per heavy atom. The second-order valence-corrected chi connectivity index (χ2v) is 7.30. The number of hydrogen-bond donors (Lipinski definition) is 0. The molecular formula is C20H26F3N3O3. The summed E-state index contributed by atoms with van der Waals surface area (Å²) in [5.74, 6) is 0.685. The fraction of sp³-hybridized carbons (Fsp3) is 0.550. The topological polar surface area (TPSA) is 66.2 Å². The smallest absolute Gasteiger partial charge is 0.394 e. The molecule has 2 aromatic heterocycles. The van der Waals surface area contributed by atoms with Gasteiger partial charge in [-0.3, -0.25) is 4.57 Å². The second kappa shape index (κ2) is 8.42. The van der Waals surface area contributed by atoms with Crippen LogP contribution in [0.5, 0.6) is 5.75 Å². The maximum Gasteiger partial charge on any atom is 0.394 e. The zero-order valence-corrected chi connectivity index (χ0v) is 17.5. The Bertz CT molecular complexity index is 889. The number of carbonyl (C=O) groups excluding carboxylic acids is 1. The van der Waals surface area contributed by atoms with Gasteiger partial charge in [-0.2, -0.15) is 13.2 Å². The van der Waals surface area contributed by atoms with Gasteiger partial charge in [-0.1, -0.05) is 20.8 Å². The first kappa shape index (κ1) is 22.7. The first-order valence-electron chi connectivity index (χ1n) is 9.32. The lowest BCUT2D eigenvalue weighted by Crippen LogP contribution is -2.34. The number of aromatic nitrogens is 3.